The lowest BCUT2D eigenvalue weighted by atomic mass is 9.80. The lowest BCUT2D eigenvalue weighted by molar-refractivity contribution is -0.211. The zero-order chi connectivity index (χ0) is 9.84. The normalized spacial score (nSPS) is 9.46. The molecule has 68 valence electrons. The summed E-state index contributed by atoms with van der Waals surface area (Å²) in [4.78, 5) is 10.9. The number of benzene rings is 1. The van der Waals surface area contributed by atoms with Gasteiger partial charge in [0.25, 0.3) is 0 Å². The van der Waals surface area contributed by atoms with Gasteiger partial charge in [-0.2, -0.15) is 0 Å². The number of carbonyl (C=O) groups is 1. The standard InChI is InChI=1S/C8H8BO4/c1-13-8(10)6-2-4-7(5-3-6)9(11)12/h2-5,11H,1H3/q-1. The average molecular weight is 179 g/mol. The molecule has 4 nitrogen and oxygen atoms in total. The van der Waals surface area contributed by atoms with E-state index < -0.39 is 13.1 Å². The Balaban J connectivity index is 2.87. The number of carbonyl (C=O) groups excluding carboxylic acids is 1. The van der Waals surface area contributed by atoms with Gasteiger partial charge in [-0.25, -0.2) is 4.79 Å². The van der Waals surface area contributed by atoms with Crippen molar-refractivity contribution in [2.45, 2.75) is 0 Å². The molecule has 0 unspecified atom stereocenters. The Morgan fingerprint density at radius 1 is 1.46 bits per heavy atom. The molecule has 0 heterocycles. The summed E-state index contributed by atoms with van der Waals surface area (Å²) in [7, 11) is -0.481. The molecule has 1 aromatic carbocycles. The van der Waals surface area contributed by atoms with Crippen LogP contribution in [0.15, 0.2) is 24.3 Å². The Bertz CT molecular complexity index is 294. The second kappa shape index (κ2) is 4.07. The summed E-state index contributed by atoms with van der Waals surface area (Å²) in [6.07, 6.45) is 0. The molecule has 0 aliphatic carbocycles. The molecule has 0 amide bonds. The molecule has 0 saturated heterocycles. The van der Waals surface area contributed by atoms with E-state index >= 15 is 0 Å². The molecular weight excluding hydrogens is 171 g/mol. The van der Waals surface area contributed by atoms with Crippen molar-refractivity contribution in [3.8, 4) is 0 Å². The quantitative estimate of drug-likeness (QED) is 0.444. The Kier molecular flexibility index (Phi) is 3.05. The van der Waals surface area contributed by atoms with Crippen LogP contribution in [0.5, 0.6) is 0 Å². The molecule has 13 heavy (non-hydrogen) atoms. The van der Waals surface area contributed by atoms with Crippen LogP contribution >= 0.6 is 0 Å². The maximum Gasteiger partial charge on any atom is 0.337 e. The van der Waals surface area contributed by atoms with E-state index in [2.05, 4.69) is 4.74 Å². The minimum Gasteiger partial charge on any atom is -0.853 e. The van der Waals surface area contributed by atoms with Gasteiger partial charge in [-0.15, -0.1) is 0 Å². The van der Waals surface area contributed by atoms with E-state index in [9.17, 15) is 9.82 Å². The van der Waals surface area contributed by atoms with Gasteiger partial charge in [-0.3, -0.25) is 0 Å². The summed E-state index contributed by atoms with van der Waals surface area (Å²) in [5.41, 5.74) is 0.583. The van der Waals surface area contributed by atoms with Crippen LogP contribution in [0.4, 0.5) is 0 Å². The molecule has 5 heteroatoms. The first kappa shape index (κ1) is 9.76. The molecule has 0 fully saturated rings. The van der Waals surface area contributed by atoms with Gasteiger partial charge < -0.3 is 14.8 Å². The number of hydrogen-bond donors (Lipinski definition) is 1. The van der Waals surface area contributed by atoms with Crippen LogP contribution in [0.1, 0.15) is 10.4 Å². The van der Waals surface area contributed by atoms with Crippen molar-refractivity contribution in [3.05, 3.63) is 29.8 Å². The fraction of sp³-hybridized carbons (Fsp3) is 0.125. The second-order valence-corrected chi connectivity index (χ2v) is 2.47. The van der Waals surface area contributed by atoms with Crippen molar-refractivity contribution in [2.75, 3.05) is 7.11 Å². The number of methoxy groups -OCH3 is 1. The highest BCUT2D eigenvalue weighted by atomic mass is 16.5. The molecule has 1 rings (SSSR count). The summed E-state index contributed by atoms with van der Waals surface area (Å²) in [5, 5.41) is 19.2. The van der Waals surface area contributed by atoms with Crippen LogP contribution in [0.2, 0.25) is 0 Å². The molecule has 1 N–H and O–H groups in total. The minimum atomic E-state index is -1.76. The summed E-state index contributed by atoms with van der Waals surface area (Å²) < 4.78 is 4.46. The molecule has 0 aromatic heterocycles. The highest BCUT2D eigenvalue weighted by Gasteiger charge is 2.04. The first-order valence-corrected chi connectivity index (χ1v) is 3.67. The molecule has 0 atom stereocenters. The summed E-state index contributed by atoms with van der Waals surface area (Å²) in [6.45, 7) is 0. The van der Waals surface area contributed by atoms with Gasteiger partial charge in [0.05, 0.1) is 12.7 Å². The second-order valence-electron chi connectivity index (χ2n) is 2.47. The van der Waals surface area contributed by atoms with Crippen molar-refractivity contribution in [1.29, 1.82) is 0 Å². The average Bonchev–Trinajstić information content (AvgIpc) is 2.17. The van der Waals surface area contributed by atoms with Crippen LogP contribution in [-0.4, -0.2) is 25.2 Å². The van der Waals surface area contributed by atoms with E-state index in [0.717, 1.165) is 0 Å². The molecule has 1 aromatic rings. The molecule has 0 aliphatic rings. The van der Waals surface area contributed by atoms with E-state index in [1.807, 2.05) is 0 Å². The summed E-state index contributed by atoms with van der Waals surface area (Å²) in [6, 6.07) is 5.65. The van der Waals surface area contributed by atoms with Crippen LogP contribution in [-0.2, 0) is 4.74 Å². The van der Waals surface area contributed by atoms with Crippen molar-refractivity contribution < 1.29 is 19.6 Å². The summed E-state index contributed by atoms with van der Waals surface area (Å²) >= 11 is 0. The molecule has 0 radical (unpaired) electrons. The van der Waals surface area contributed by atoms with Gasteiger partial charge in [-0.1, -0.05) is 17.6 Å². The first-order valence-electron chi connectivity index (χ1n) is 3.67. The molecule has 0 bridgehead atoms. The van der Waals surface area contributed by atoms with E-state index in [1.54, 1.807) is 0 Å². The number of ether oxygens (including phenoxy) is 1. The zero-order valence-electron chi connectivity index (χ0n) is 7.06. The Hall–Kier alpha value is -1.33. The highest BCUT2D eigenvalue weighted by molar-refractivity contribution is 6.56. The monoisotopic (exact) mass is 179 g/mol. The molecular formula is C8H8BO4-. The largest absolute Gasteiger partial charge is 0.853 e. The van der Waals surface area contributed by atoms with Crippen LogP contribution in [0.3, 0.4) is 0 Å². The van der Waals surface area contributed by atoms with E-state index in [1.165, 1.54) is 31.4 Å². The fourth-order valence-electron chi connectivity index (χ4n) is 0.902. The smallest absolute Gasteiger partial charge is 0.337 e. The topological polar surface area (TPSA) is 69.6 Å². The molecule has 0 spiro atoms. The zero-order valence-corrected chi connectivity index (χ0v) is 7.06. The van der Waals surface area contributed by atoms with Crippen molar-refractivity contribution >= 4 is 18.6 Å². The Morgan fingerprint density at radius 3 is 2.38 bits per heavy atom. The lowest BCUT2D eigenvalue weighted by Crippen LogP contribution is -2.43. The van der Waals surface area contributed by atoms with E-state index in [0.29, 0.717) is 5.56 Å². The van der Waals surface area contributed by atoms with Gasteiger partial charge in [0.15, 0.2) is 0 Å². The van der Waals surface area contributed by atoms with E-state index in [-0.39, 0.29) is 5.46 Å². The van der Waals surface area contributed by atoms with Gasteiger partial charge in [0, 0.05) is 0 Å². The highest BCUT2D eigenvalue weighted by Crippen LogP contribution is 1.98. The van der Waals surface area contributed by atoms with Crippen LogP contribution < -0.4 is 10.5 Å². The predicted molar refractivity (Wildman–Crippen MR) is 45.4 cm³/mol. The summed E-state index contributed by atoms with van der Waals surface area (Å²) in [5.74, 6) is -0.466. The van der Waals surface area contributed by atoms with Crippen LogP contribution in [0, 0.1) is 0 Å². The SMILES string of the molecule is COC(=O)c1ccc(B([O-])O)cc1. The van der Waals surface area contributed by atoms with Gasteiger partial charge in [0.1, 0.15) is 0 Å². The van der Waals surface area contributed by atoms with Crippen molar-refractivity contribution in [2.24, 2.45) is 0 Å². The number of hydrogen-bond acceptors (Lipinski definition) is 4. The van der Waals surface area contributed by atoms with Gasteiger partial charge in [0.2, 0.25) is 7.12 Å². The van der Waals surface area contributed by atoms with Gasteiger partial charge in [-0.05, 0) is 12.1 Å². The van der Waals surface area contributed by atoms with Crippen molar-refractivity contribution in [3.63, 3.8) is 0 Å². The fourth-order valence-corrected chi connectivity index (χ4v) is 0.902. The third-order valence-corrected chi connectivity index (χ3v) is 1.62. The number of rotatable bonds is 2. The predicted octanol–water partition coefficient (Wildman–Crippen LogP) is -1.48. The minimum absolute atomic E-state index is 0.229. The maximum atomic E-state index is 10.9. The van der Waals surface area contributed by atoms with Gasteiger partial charge >= 0.3 is 5.97 Å². The first-order chi connectivity index (χ1) is 6.15. The van der Waals surface area contributed by atoms with Crippen molar-refractivity contribution in [1.82, 2.24) is 0 Å². The Morgan fingerprint density at radius 2 is 2.00 bits per heavy atom. The van der Waals surface area contributed by atoms with E-state index in [4.69, 9.17) is 5.02 Å². The molecule has 0 aliphatic heterocycles. The third-order valence-electron chi connectivity index (χ3n) is 1.62. The van der Waals surface area contributed by atoms with Crippen LogP contribution in [0.25, 0.3) is 0 Å². The third kappa shape index (κ3) is 2.30. The number of esters is 1. The lowest BCUT2D eigenvalue weighted by Gasteiger charge is -2.10. The Labute approximate surface area is 75.9 Å². The maximum absolute atomic E-state index is 10.9. The molecule has 0 saturated carbocycles.